The minimum atomic E-state index is -0.537. The molecule has 28 heavy (non-hydrogen) atoms. The number of rotatable bonds is 4. The number of hydrogen-bond acceptors (Lipinski definition) is 4. The number of carbonyl (C=O) groups excluding carboxylic acids is 1. The van der Waals surface area contributed by atoms with E-state index in [1.165, 1.54) is 12.1 Å². The van der Waals surface area contributed by atoms with Crippen LogP contribution in [0, 0.1) is 5.82 Å². The monoisotopic (exact) mass is 401 g/mol. The van der Waals surface area contributed by atoms with Crippen molar-refractivity contribution < 1.29 is 9.18 Å². The van der Waals surface area contributed by atoms with Crippen LogP contribution >= 0.6 is 11.6 Å². The van der Waals surface area contributed by atoms with Crippen molar-refractivity contribution in [1.82, 2.24) is 19.5 Å². The van der Waals surface area contributed by atoms with Gasteiger partial charge in [-0.15, -0.1) is 10.2 Å². The predicted octanol–water partition coefficient (Wildman–Crippen LogP) is 3.73. The number of benzene rings is 1. The van der Waals surface area contributed by atoms with Crippen LogP contribution in [0.5, 0.6) is 0 Å². The van der Waals surface area contributed by atoms with Crippen LogP contribution in [0.25, 0.3) is 5.65 Å². The van der Waals surface area contributed by atoms with Crippen molar-refractivity contribution in [2.45, 2.75) is 31.7 Å². The molecule has 1 unspecified atom stereocenters. The quantitative estimate of drug-likeness (QED) is 0.723. The number of carbonyl (C=O) groups is 1. The second-order valence-electron chi connectivity index (χ2n) is 7.09. The minimum Gasteiger partial charge on any atom is -0.322 e. The third-order valence-corrected chi connectivity index (χ3v) is 5.59. The Morgan fingerprint density at radius 3 is 2.79 bits per heavy atom. The molecule has 146 valence electrons. The summed E-state index contributed by atoms with van der Waals surface area (Å²) in [5, 5.41) is 11.5. The number of fused-ring (bicyclic) bond motifs is 1. The molecule has 1 aliphatic rings. The number of nitrogens with one attached hydrogen (secondary N) is 1. The van der Waals surface area contributed by atoms with E-state index in [0.717, 1.165) is 37.4 Å². The Morgan fingerprint density at radius 1 is 1.25 bits per heavy atom. The van der Waals surface area contributed by atoms with Crippen LogP contribution in [0.15, 0.2) is 42.6 Å². The van der Waals surface area contributed by atoms with E-state index in [1.54, 1.807) is 6.07 Å². The lowest BCUT2D eigenvalue weighted by Gasteiger charge is -2.34. The van der Waals surface area contributed by atoms with Crippen molar-refractivity contribution >= 4 is 28.8 Å². The van der Waals surface area contributed by atoms with Crippen LogP contribution in [0.2, 0.25) is 5.02 Å². The first-order valence-corrected chi connectivity index (χ1v) is 9.70. The molecular formula is C20H21ClFN5O. The topological polar surface area (TPSA) is 62.5 Å². The number of pyridine rings is 1. The van der Waals surface area contributed by atoms with Gasteiger partial charge >= 0.3 is 0 Å². The highest BCUT2D eigenvalue weighted by Gasteiger charge is 2.29. The molecule has 0 bridgehead atoms. The van der Waals surface area contributed by atoms with Gasteiger partial charge in [-0.3, -0.25) is 14.1 Å². The average Bonchev–Trinajstić information content (AvgIpc) is 3.14. The standard InChI is InChI=1S/C20H21ClFN5O/c1-13(20(28)23-17-6-5-15(21)12-16(17)22)26-10-7-14(8-11-26)19-25-24-18-4-2-3-9-27(18)19/h2-6,9,12-14H,7-8,10-11H2,1H3,(H,23,28). The maximum atomic E-state index is 13.9. The van der Waals surface area contributed by atoms with Gasteiger partial charge in [0.25, 0.3) is 0 Å². The van der Waals surface area contributed by atoms with Crippen molar-refractivity contribution in [3.05, 3.63) is 59.3 Å². The Balaban J connectivity index is 1.38. The van der Waals surface area contributed by atoms with Gasteiger partial charge in [-0.05, 0) is 63.2 Å². The maximum Gasteiger partial charge on any atom is 0.241 e. The molecule has 6 nitrogen and oxygen atoms in total. The van der Waals surface area contributed by atoms with E-state index in [-0.39, 0.29) is 17.6 Å². The smallest absolute Gasteiger partial charge is 0.241 e. The Bertz CT molecular complexity index is 999. The molecule has 1 amide bonds. The normalized spacial score (nSPS) is 17.0. The summed E-state index contributed by atoms with van der Waals surface area (Å²) >= 11 is 5.76. The number of amides is 1. The van der Waals surface area contributed by atoms with Gasteiger partial charge in [0.05, 0.1) is 11.7 Å². The summed E-state index contributed by atoms with van der Waals surface area (Å²) in [6, 6.07) is 9.72. The molecule has 3 aromatic rings. The lowest BCUT2D eigenvalue weighted by atomic mass is 9.95. The van der Waals surface area contributed by atoms with E-state index < -0.39 is 5.82 Å². The maximum absolute atomic E-state index is 13.9. The molecule has 8 heteroatoms. The van der Waals surface area contributed by atoms with Gasteiger partial charge in [-0.2, -0.15) is 0 Å². The molecule has 0 saturated carbocycles. The molecular weight excluding hydrogens is 381 g/mol. The molecule has 1 aromatic carbocycles. The van der Waals surface area contributed by atoms with Gasteiger partial charge in [-0.1, -0.05) is 17.7 Å². The molecule has 1 aliphatic heterocycles. The average molecular weight is 402 g/mol. The first-order valence-electron chi connectivity index (χ1n) is 9.32. The molecule has 1 atom stereocenters. The number of aromatic nitrogens is 3. The summed E-state index contributed by atoms with van der Waals surface area (Å²) in [6.07, 6.45) is 3.76. The van der Waals surface area contributed by atoms with Crippen LogP contribution in [0.3, 0.4) is 0 Å². The number of likely N-dealkylation sites (tertiary alicyclic amines) is 1. The summed E-state index contributed by atoms with van der Waals surface area (Å²) in [5.74, 6) is 0.506. The predicted molar refractivity (Wildman–Crippen MR) is 106 cm³/mol. The van der Waals surface area contributed by atoms with Gasteiger partial charge in [0.1, 0.15) is 11.6 Å². The molecule has 0 spiro atoms. The Kier molecular flexibility index (Phi) is 5.28. The molecule has 1 fully saturated rings. The zero-order valence-electron chi connectivity index (χ0n) is 15.5. The molecule has 1 saturated heterocycles. The van der Waals surface area contributed by atoms with Crippen molar-refractivity contribution in [3.63, 3.8) is 0 Å². The number of hydrogen-bond donors (Lipinski definition) is 1. The summed E-state index contributed by atoms with van der Waals surface area (Å²) < 4.78 is 16.0. The number of piperidine rings is 1. The fourth-order valence-corrected chi connectivity index (χ4v) is 3.84. The van der Waals surface area contributed by atoms with Crippen molar-refractivity contribution in [1.29, 1.82) is 0 Å². The highest BCUT2D eigenvalue weighted by atomic mass is 35.5. The van der Waals surface area contributed by atoms with Crippen LogP contribution in [-0.4, -0.2) is 44.5 Å². The van der Waals surface area contributed by atoms with E-state index in [4.69, 9.17) is 11.6 Å². The van der Waals surface area contributed by atoms with Gasteiger partial charge in [0.2, 0.25) is 5.91 Å². The summed E-state index contributed by atoms with van der Waals surface area (Å²) in [5.41, 5.74) is 0.990. The number of nitrogens with zero attached hydrogens (tertiary/aromatic N) is 4. The second kappa shape index (κ2) is 7.85. The first-order chi connectivity index (χ1) is 13.5. The number of anilines is 1. The van der Waals surface area contributed by atoms with Crippen LogP contribution in [-0.2, 0) is 4.79 Å². The van der Waals surface area contributed by atoms with Crippen LogP contribution < -0.4 is 5.32 Å². The van der Waals surface area contributed by atoms with Crippen LogP contribution in [0.1, 0.15) is 31.5 Å². The highest BCUT2D eigenvalue weighted by Crippen LogP contribution is 2.28. The summed E-state index contributed by atoms with van der Waals surface area (Å²) in [7, 11) is 0. The van der Waals surface area contributed by atoms with Crippen molar-refractivity contribution in [2.75, 3.05) is 18.4 Å². The third kappa shape index (κ3) is 3.72. The van der Waals surface area contributed by atoms with Gasteiger partial charge in [-0.25, -0.2) is 4.39 Å². The second-order valence-corrected chi connectivity index (χ2v) is 7.52. The SMILES string of the molecule is CC(C(=O)Nc1ccc(Cl)cc1F)N1CCC(c2nnc3ccccn23)CC1. The van der Waals surface area contributed by atoms with Gasteiger partial charge < -0.3 is 5.32 Å². The molecule has 1 N–H and O–H groups in total. The van der Waals surface area contributed by atoms with Gasteiger partial charge in [0.15, 0.2) is 5.65 Å². The van der Waals surface area contributed by atoms with Gasteiger partial charge in [0, 0.05) is 17.1 Å². The third-order valence-electron chi connectivity index (χ3n) is 5.35. The van der Waals surface area contributed by atoms with Crippen LogP contribution in [0.4, 0.5) is 10.1 Å². The molecule has 3 heterocycles. The Labute approximate surface area is 167 Å². The highest BCUT2D eigenvalue weighted by molar-refractivity contribution is 6.30. The molecule has 0 aliphatic carbocycles. The fourth-order valence-electron chi connectivity index (χ4n) is 3.68. The van der Waals surface area contributed by atoms with E-state index >= 15 is 0 Å². The molecule has 0 radical (unpaired) electrons. The van der Waals surface area contributed by atoms with Crippen molar-refractivity contribution in [2.24, 2.45) is 0 Å². The Hall–Kier alpha value is -2.51. The zero-order chi connectivity index (χ0) is 19.7. The Morgan fingerprint density at radius 2 is 2.04 bits per heavy atom. The molecule has 4 rings (SSSR count). The number of halogens is 2. The first kappa shape index (κ1) is 18.8. The van der Waals surface area contributed by atoms with E-state index in [2.05, 4.69) is 20.4 Å². The lowest BCUT2D eigenvalue weighted by molar-refractivity contribution is -0.121. The van der Waals surface area contributed by atoms with Crippen molar-refractivity contribution in [3.8, 4) is 0 Å². The van der Waals surface area contributed by atoms with E-state index in [0.29, 0.717) is 10.9 Å². The molecule has 2 aromatic heterocycles. The minimum absolute atomic E-state index is 0.145. The van der Waals surface area contributed by atoms with E-state index in [1.807, 2.05) is 35.7 Å². The summed E-state index contributed by atoms with van der Waals surface area (Å²) in [4.78, 5) is 14.7. The van der Waals surface area contributed by atoms with E-state index in [9.17, 15) is 9.18 Å². The fraction of sp³-hybridized carbons (Fsp3) is 0.350. The summed E-state index contributed by atoms with van der Waals surface area (Å²) in [6.45, 7) is 3.38. The zero-order valence-corrected chi connectivity index (χ0v) is 16.2. The lowest BCUT2D eigenvalue weighted by Crippen LogP contribution is -2.46. The largest absolute Gasteiger partial charge is 0.322 e.